The van der Waals surface area contributed by atoms with Gasteiger partial charge < -0.3 is 10.8 Å². The average Bonchev–Trinajstić information content (AvgIpc) is 2.92. The summed E-state index contributed by atoms with van der Waals surface area (Å²) in [6.07, 6.45) is 2.26. The highest BCUT2D eigenvalue weighted by atomic mass is 79.9. The van der Waals surface area contributed by atoms with E-state index < -0.39 is 0 Å². The van der Waals surface area contributed by atoms with E-state index in [0.29, 0.717) is 12.3 Å². The zero-order chi connectivity index (χ0) is 10.3. The smallest absolute Gasteiger partial charge is 0.116 e. The van der Waals surface area contributed by atoms with Crippen molar-refractivity contribution in [2.24, 2.45) is 5.73 Å². The van der Waals surface area contributed by atoms with Crippen molar-refractivity contribution in [3.8, 4) is 5.75 Å². The summed E-state index contributed by atoms with van der Waals surface area (Å²) in [4.78, 5) is 0. The molecule has 1 aliphatic carbocycles. The highest BCUT2D eigenvalue weighted by molar-refractivity contribution is 9.10. The van der Waals surface area contributed by atoms with E-state index in [9.17, 15) is 5.11 Å². The molecule has 0 radical (unpaired) electrons. The molecule has 76 valence electrons. The first kappa shape index (κ1) is 9.99. The van der Waals surface area contributed by atoms with Gasteiger partial charge in [-0.2, -0.15) is 0 Å². The number of phenolic OH excluding ortho intramolecular Hbond substituents is 1. The van der Waals surface area contributed by atoms with Gasteiger partial charge >= 0.3 is 0 Å². The van der Waals surface area contributed by atoms with Crippen LogP contribution in [0.2, 0.25) is 0 Å². The van der Waals surface area contributed by atoms with E-state index in [1.807, 2.05) is 13.0 Å². The maximum Gasteiger partial charge on any atom is 0.116 e. The Balaban J connectivity index is 2.52. The summed E-state index contributed by atoms with van der Waals surface area (Å²) in [5, 5.41) is 9.54. The van der Waals surface area contributed by atoms with Crippen LogP contribution in [0.3, 0.4) is 0 Å². The Bertz CT molecular complexity index is 372. The SMILES string of the molecule is Cc1cc(O)cc(C2(CN)CC2)c1Br. The number of aromatic hydroxyl groups is 1. The second-order valence-electron chi connectivity index (χ2n) is 4.11. The van der Waals surface area contributed by atoms with Crippen LogP contribution < -0.4 is 5.73 Å². The third-order valence-corrected chi connectivity index (χ3v) is 4.11. The molecule has 1 aromatic rings. The molecule has 0 heterocycles. The second kappa shape index (κ2) is 3.24. The number of benzene rings is 1. The Morgan fingerprint density at radius 2 is 2.14 bits per heavy atom. The van der Waals surface area contributed by atoms with Gasteiger partial charge in [-0.3, -0.25) is 0 Å². The number of hydrogen-bond donors (Lipinski definition) is 2. The minimum absolute atomic E-state index is 0.127. The topological polar surface area (TPSA) is 46.2 Å². The molecule has 1 aromatic carbocycles. The normalized spacial score (nSPS) is 18.2. The summed E-state index contributed by atoms with van der Waals surface area (Å²) in [6, 6.07) is 3.59. The summed E-state index contributed by atoms with van der Waals surface area (Å²) in [5.74, 6) is 0.334. The summed E-state index contributed by atoms with van der Waals surface area (Å²) in [6.45, 7) is 2.65. The maximum atomic E-state index is 9.54. The van der Waals surface area contributed by atoms with E-state index >= 15 is 0 Å². The number of hydrogen-bond acceptors (Lipinski definition) is 2. The van der Waals surface area contributed by atoms with Crippen LogP contribution in [0.15, 0.2) is 16.6 Å². The fraction of sp³-hybridized carbons (Fsp3) is 0.455. The van der Waals surface area contributed by atoms with Crippen molar-refractivity contribution >= 4 is 15.9 Å². The average molecular weight is 256 g/mol. The van der Waals surface area contributed by atoms with Gasteiger partial charge in [0.1, 0.15) is 5.75 Å². The van der Waals surface area contributed by atoms with E-state index in [4.69, 9.17) is 5.73 Å². The molecule has 1 saturated carbocycles. The Morgan fingerprint density at radius 1 is 1.50 bits per heavy atom. The minimum Gasteiger partial charge on any atom is -0.508 e. The Hall–Kier alpha value is -0.540. The third-order valence-electron chi connectivity index (χ3n) is 3.05. The molecule has 0 unspecified atom stereocenters. The van der Waals surface area contributed by atoms with Gasteiger partial charge in [0.05, 0.1) is 0 Å². The third kappa shape index (κ3) is 1.44. The van der Waals surface area contributed by atoms with Gasteiger partial charge in [-0.05, 0) is 43.0 Å². The fourth-order valence-electron chi connectivity index (χ4n) is 1.87. The lowest BCUT2D eigenvalue weighted by molar-refractivity contribution is 0.472. The van der Waals surface area contributed by atoms with Crippen LogP contribution in [0.25, 0.3) is 0 Å². The van der Waals surface area contributed by atoms with Crippen molar-refractivity contribution in [2.75, 3.05) is 6.54 Å². The summed E-state index contributed by atoms with van der Waals surface area (Å²) in [7, 11) is 0. The molecule has 0 atom stereocenters. The van der Waals surface area contributed by atoms with Gasteiger partial charge in [0.15, 0.2) is 0 Å². The van der Waals surface area contributed by atoms with Gasteiger partial charge in [-0.25, -0.2) is 0 Å². The monoisotopic (exact) mass is 255 g/mol. The lowest BCUT2D eigenvalue weighted by atomic mass is 9.94. The predicted octanol–water partition coefficient (Wildman–Crippen LogP) is 2.45. The van der Waals surface area contributed by atoms with Crippen molar-refractivity contribution in [3.05, 3.63) is 27.7 Å². The van der Waals surface area contributed by atoms with E-state index in [-0.39, 0.29) is 5.41 Å². The summed E-state index contributed by atoms with van der Waals surface area (Å²) < 4.78 is 1.10. The lowest BCUT2D eigenvalue weighted by Gasteiger charge is -2.16. The fourth-order valence-corrected chi connectivity index (χ4v) is 2.52. The van der Waals surface area contributed by atoms with Gasteiger partial charge in [-0.1, -0.05) is 15.9 Å². The molecule has 0 bridgehead atoms. The highest BCUT2D eigenvalue weighted by Gasteiger charge is 2.44. The molecular formula is C11H14BrNO. The highest BCUT2D eigenvalue weighted by Crippen LogP contribution is 2.50. The molecule has 0 aliphatic heterocycles. The molecule has 1 aliphatic rings. The minimum atomic E-state index is 0.127. The van der Waals surface area contributed by atoms with Crippen molar-refractivity contribution in [1.29, 1.82) is 0 Å². The van der Waals surface area contributed by atoms with Gasteiger partial charge in [0.25, 0.3) is 0 Å². The van der Waals surface area contributed by atoms with Crippen LogP contribution in [-0.2, 0) is 5.41 Å². The van der Waals surface area contributed by atoms with E-state index in [2.05, 4.69) is 15.9 Å². The van der Waals surface area contributed by atoms with E-state index in [1.165, 1.54) is 0 Å². The standard InChI is InChI=1S/C11H14BrNO/c1-7-4-8(14)5-9(10(7)12)11(6-13)2-3-11/h4-5,14H,2-3,6,13H2,1H3. The molecule has 0 aromatic heterocycles. The first-order chi connectivity index (χ1) is 6.59. The van der Waals surface area contributed by atoms with Crippen LogP contribution in [0.1, 0.15) is 24.0 Å². The first-order valence-electron chi connectivity index (χ1n) is 4.79. The Labute approximate surface area is 92.3 Å². The Morgan fingerprint density at radius 3 is 2.64 bits per heavy atom. The molecule has 3 N–H and O–H groups in total. The molecule has 0 amide bonds. The quantitative estimate of drug-likeness (QED) is 0.853. The summed E-state index contributed by atoms with van der Waals surface area (Å²) >= 11 is 3.56. The first-order valence-corrected chi connectivity index (χ1v) is 5.58. The van der Waals surface area contributed by atoms with E-state index in [1.54, 1.807) is 6.07 Å². The molecule has 2 rings (SSSR count). The molecular weight excluding hydrogens is 242 g/mol. The molecule has 2 nitrogen and oxygen atoms in total. The molecule has 1 fully saturated rings. The van der Waals surface area contributed by atoms with Crippen molar-refractivity contribution in [2.45, 2.75) is 25.2 Å². The lowest BCUT2D eigenvalue weighted by Crippen LogP contribution is -2.20. The number of aryl methyl sites for hydroxylation is 1. The van der Waals surface area contributed by atoms with Crippen LogP contribution in [0, 0.1) is 6.92 Å². The van der Waals surface area contributed by atoms with Gasteiger partial charge in [0, 0.05) is 16.4 Å². The molecule has 14 heavy (non-hydrogen) atoms. The molecule has 0 spiro atoms. The van der Waals surface area contributed by atoms with Crippen LogP contribution in [-0.4, -0.2) is 11.7 Å². The van der Waals surface area contributed by atoms with Crippen LogP contribution in [0.4, 0.5) is 0 Å². The Kier molecular flexibility index (Phi) is 2.32. The number of halogens is 1. The van der Waals surface area contributed by atoms with Gasteiger partial charge in [-0.15, -0.1) is 0 Å². The predicted molar refractivity (Wildman–Crippen MR) is 60.5 cm³/mol. The van der Waals surface area contributed by atoms with E-state index in [0.717, 1.165) is 28.4 Å². The number of nitrogens with two attached hydrogens (primary N) is 1. The van der Waals surface area contributed by atoms with Crippen LogP contribution in [0.5, 0.6) is 5.75 Å². The zero-order valence-electron chi connectivity index (χ0n) is 8.18. The summed E-state index contributed by atoms with van der Waals surface area (Å²) in [5.41, 5.74) is 8.13. The molecule has 3 heteroatoms. The number of phenols is 1. The van der Waals surface area contributed by atoms with Crippen molar-refractivity contribution in [1.82, 2.24) is 0 Å². The largest absolute Gasteiger partial charge is 0.508 e. The second-order valence-corrected chi connectivity index (χ2v) is 4.90. The van der Waals surface area contributed by atoms with Crippen molar-refractivity contribution < 1.29 is 5.11 Å². The number of rotatable bonds is 2. The van der Waals surface area contributed by atoms with Crippen LogP contribution >= 0.6 is 15.9 Å². The van der Waals surface area contributed by atoms with Gasteiger partial charge in [0.2, 0.25) is 0 Å². The molecule has 0 saturated heterocycles. The zero-order valence-corrected chi connectivity index (χ0v) is 9.76. The maximum absolute atomic E-state index is 9.54. The van der Waals surface area contributed by atoms with Crippen molar-refractivity contribution in [3.63, 3.8) is 0 Å².